The lowest BCUT2D eigenvalue weighted by molar-refractivity contribution is -0.144. The number of aliphatic carboxylic acids is 1. The number of hydrogen-bond acceptors (Lipinski definition) is 7. The maximum absolute atomic E-state index is 12.8. The van der Waals surface area contributed by atoms with Crippen molar-refractivity contribution in [1.29, 1.82) is 0 Å². The maximum atomic E-state index is 12.8. The third kappa shape index (κ3) is 10.5. The van der Waals surface area contributed by atoms with Crippen molar-refractivity contribution in [3.05, 3.63) is 0 Å². The minimum absolute atomic E-state index is 0.0283. The molecule has 0 aliphatic carbocycles. The Morgan fingerprint density at radius 1 is 0.906 bits per heavy atom. The van der Waals surface area contributed by atoms with E-state index in [-0.39, 0.29) is 31.1 Å². The summed E-state index contributed by atoms with van der Waals surface area (Å²) < 4.78 is 0. The first-order chi connectivity index (χ1) is 14.8. The normalized spacial score (nSPS) is 15.7. The smallest absolute Gasteiger partial charge is 0.326 e. The summed E-state index contributed by atoms with van der Waals surface area (Å²) in [6, 6.07) is -4.72. The van der Waals surface area contributed by atoms with Crippen LogP contribution in [-0.4, -0.2) is 70.6 Å². The average Bonchev–Trinajstić information content (AvgIpc) is 2.71. The molecule has 9 N–H and O–H groups in total. The lowest BCUT2D eigenvalue weighted by atomic mass is 9.97. The third-order valence-corrected chi connectivity index (χ3v) is 4.96. The molecule has 12 nitrogen and oxygen atoms in total. The fourth-order valence-corrected chi connectivity index (χ4v) is 2.83. The molecule has 4 amide bonds. The van der Waals surface area contributed by atoms with Gasteiger partial charge in [0, 0.05) is 6.42 Å². The van der Waals surface area contributed by atoms with Crippen LogP contribution in [-0.2, 0) is 24.0 Å². The number of amides is 4. The van der Waals surface area contributed by atoms with Crippen molar-refractivity contribution in [2.45, 2.75) is 77.5 Å². The van der Waals surface area contributed by atoms with E-state index in [1.54, 1.807) is 13.8 Å². The van der Waals surface area contributed by atoms with Crippen molar-refractivity contribution in [1.82, 2.24) is 16.0 Å². The van der Waals surface area contributed by atoms with Crippen molar-refractivity contribution in [3.8, 4) is 0 Å². The second kappa shape index (κ2) is 14.4. The molecule has 184 valence electrons. The van der Waals surface area contributed by atoms with E-state index in [0.29, 0.717) is 6.42 Å². The Labute approximate surface area is 187 Å². The first kappa shape index (κ1) is 29.3. The predicted molar refractivity (Wildman–Crippen MR) is 116 cm³/mol. The molecular weight excluding hydrogens is 422 g/mol. The first-order valence-corrected chi connectivity index (χ1v) is 10.6. The monoisotopic (exact) mass is 459 g/mol. The van der Waals surface area contributed by atoms with Gasteiger partial charge in [-0.1, -0.05) is 34.1 Å². The van der Waals surface area contributed by atoms with E-state index in [0.717, 1.165) is 0 Å². The van der Waals surface area contributed by atoms with Gasteiger partial charge in [-0.3, -0.25) is 19.2 Å². The number of carboxylic acid groups (broad SMARTS) is 1. The third-order valence-electron chi connectivity index (χ3n) is 4.96. The van der Waals surface area contributed by atoms with E-state index in [1.807, 2.05) is 13.8 Å². The van der Waals surface area contributed by atoms with Crippen molar-refractivity contribution in [3.63, 3.8) is 0 Å². The molecule has 0 fully saturated rings. The van der Waals surface area contributed by atoms with Gasteiger partial charge in [0.15, 0.2) is 0 Å². The summed E-state index contributed by atoms with van der Waals surface area (Å²) in [5.41, 5.74) is 10.6. The zero-order valence-electron chi connectivity index (χ0n) is 19.1. The van der Waals surface area contributed by atoms with Gasteiger partial charge < -0.3 is 37.6 Å². The lowest BCUT2D eigenvalue weighted by Crippen LogP contribution is -2.58. The molecule has 5 atom stereocenters. The van der Waals surface area contributed by atoms with Gasteiger partial charge in [0.1, 0.15) is 24.2 Å². The second-order valence-electron chi connectivity index (χ2n) is 8.26. The number of hydrogen-bond donors (Lipinski definition) is 7. The largest absolute Gasteiger partial charge is 0.480 e. The fraction of sp³-hybridized carbons (Fsp3) is 0.750. The highest BCUT2D eigenvalue weighted by Crippen LogP contribution is 2.11. The van der Waals surface area contributed by atoms with Crippen LogP contribution in [0.3, 0.4) is 0 Å². The Morgan fingerprint density at radius 2 is 1.44 bits per heavy atom. The number of nitrogens with one attached hydrogen (secondary N) is 3. The zero-order chi connectivity index (χ0) is 25.0. The van der Waals surface area contributed by atoms with Crippen LogP contribution < -0.4 is 27.4 Å². The highest BCUT2D eigenvalue weighted by molar-refractivity contribution is 5.94. The summed E-state index contributed by atoms with van der Waals surface area (Å²) in [6.07, 6.45) is 0.358. The van der Waals surface area contributed by atoms with Crippen molar-refractivity contribution in [2.75, 3.05) is 6.61 Å². The Hall–Kier alpha value is -2.73. The molecule has 32 heavy (non-hydrogen) atoms. The summed E-state index contributed by atoms with van der Waals surface area (Å²) in [6.45, 7) is 6.48. The minimum atomic E-state index is -1.28. The molecule has 12 heteroatoms. The molecule has 0 aromatic heterocycles. The maximum Gasteiger partial charge on any atom is 0.326 e. The molecular formula is C20H37N5O7. The fourth-order valence-electron chi connectivity index (χ4n) is 2.83. The quantitative estimate of drug-likeness (QED) is 0.148. The van der Waals surface area contributed by atoms with Crippen molar-refractivity contribution < 1.29 is 34.2 Å². The van der Waals surface area contributed by atoms with Gasteiger partial charge in [-0.25, -0.2) is 4.79 Å². The van der Waals surface area contributed by atoms with Crippen LogP contribution in [0.2, 0.25) is 0 Å². The van der Waals surface area contributed by atoms with Crippen molar-refractivity contribution in [2.24, 2.45) is 23.3 Å². The Morgan fingerprint density at radius 3 is 1.88 bits per heavy atom. The van der Waals surface area contributed by atoms with Gasteiger partial charge in [0.2, 0.25) is 23.6 Å². The molecule has 0 rings (SSSR count). The molecule has 0 aromatic carbocycles. The summed E-state index contributed by atoms with van der Waals surface area (Å²) in [4.78, 5) is 60.4. The molecule has 0 saturated heterocycles. The topological polar surface area (TPSA) is 214 Å². The molecule has 0 aromatic rings. The number of primary amides is 1. The van der Waals surface area contributed by atoms with E-state index in [4.69, 9.17) is 16.6 Å². The Bertz CT molecular complexity index is 671. The zero-order valence-corrected chi connectivity index (χ0v) is 19.1. The molecule has 0 aliphatic heterocycles. The highest BCUT2D eigenvalue weighted by Gasteiger charge is 2.32. The van der Waals surface area contributed by atoms with Gasteiger partial charge in [0.25, 0.3) is 0 Å². The van der Waals surface area contributed by atoms with E-state index >= 15 is 0 Å². The molecule has 0 spiro atoms. The van der Waals surface area contributed by atoms with Gasteiger partial charge in [-0.05, 0) is 24.7 Å². The summed E-state index contributed by atoms with van der Waals surface area (Å²) in [7, 11) is 0. The first-order valence-electron chi connectivity index (χ1n) is 10.6. The predicted octanol–water partition coefficient (Wildman–Crippen LogP) is -1.80. The molecule has 0 heterocycles. The highest BCUT2D eigenvalue weighted by atomic mass is 16.4. The lowest BCUT2D eigenvalue weighted by Gasteiger charge is -2.27. The number of aliphatic hydroxyl groups excluding tert-OH is 1. The van der Waals surface area contributed by atoms with Crippen LogP contribution >= 0.6 is 0 Å². The number of carbonyl (C=O) groups is 5. The summed E-state index contributed by atoms with van der Waals surface area (Å²) >= 11 is 0. The van der Waals surface area contributed by atoms with Crippen LogP contribution in [0, 0.1) is 11.8 Å². The molecule has 5 unspecified atom stereocenters. The molecule has 0 aliphatic rings. The van der Waals surface area contributed by atoms with Crippen molar-refractivity contribution >= 4 is 29.6 Å². The Balaban J connectivity index is 5.56. The number of aliphatic hydroxyl groups is 1. The number of rotatable bonds is 15. The van der Waals surface area contributed by atoms with Gasteiger partial charge >= 0.3 is 5.97 Å². The summed E-state index contributed by atoms with van der Waals surface area (Å²) in [5.74, 6) is -4.50. The number of nitrogens with two attached hydrogens (primary N) is 2. The summed E-state index contributed by atoms with van der Waals surface area (Å²) in [5, 5.41) is 25.8. The molecule has 0 radical (unpaired) electrons. The number of carboxylic acids is 1. The standard InChI is InChI=1S/C20H37N5O7/c1-5-11(4)16(20(31)32)25-19(30)14(8-10(2)3)24-18(29)13(6-7-15(22)27)23-17(28)12(21)9-26/h10-14,16,26H,5-9,21H2,1-4H3,(H2,22,27)(H,23,28)(H,24,29)(H,25,30)(H,31,32). The molecule has 0 saturated carbocycles. The van der Waals surface area contributed by atoms with Crippen LogP contribution in [0.1, 0.15) is 53.4 Å². The van der Waals surface area contributed by atoms with Crippen LogP contribution in [0.15, 0.2) is 0 Å². The van der Waals surface area contributed by atoms with E-state index in [9.17, 15) is 29.1 Å². The van der Waals surface area contributed by atoms with Crippen LogP contribution in [0.5, 0.6) is 0 Å². The van der Waals surface area contributed by atoms with Gasteiger partial charge in [-0.2, -0.15) is 0 Å². The van der Waals surface area contributed by atoms with E-state index < -0.39 is 60.4 Å². The average molecular weight is 460 g/mol. The van der Waals surface area contributed by atoms with Gasteiger partial charge in [-0.15, -0.1) is 0 Å². The van der Waals surface area contributed by atoms with E-state index in [1.165, 1.54) is 0 Å². The van der Waals surface area contributed by atoms with Crippen LogP contribution in [0.4, 0.5) is 0 Å². The minimum Gasteiger partial charge on any atom is -0.480 e. The van der Waals surface area contributed by atoms with Crippen LogP contribution in [0.25, 0.3) is 0 Å². The van der Waals surface area contributed by atoms with E-state index in [2.05, 4.69) is 16.0 Å². The molecule has 0 bridgehead atoms. The Kier molecular flexibility index (Phi) is 13.1. The SMILES string of the molecule is CCC(C)C(NC(=O)C(CC(C)C)NC(=O)C(CCC(N)=O)NC(=O)C(N)CO)C(=O)O. The second-order valence-corrected chi connectivity index (χ2v) is 8.26. The van der Waals surface area contributed by atoms with Gasteiger partial charge in [0.05, 0.1) is 6.61 Å². The number of carbonyl (C=O) groups excluding carboxylic acids is 4.